The Labute approximate surface area is 162 Å². The van der Waals surface area contributed by atoms with Gasteiger partial charge in [-0.05, 0) is 30.7 Å². The zero-order chi connectivity index (χ0) is 19.5. The summed E-state index contributed by atoms with van der Waals surface area (Å²) in [6.07, 6.45) is 0. The first-order valence-corrected chi connectivity index (χ1v) is 9.10. The van der Waals surface area contributed by atoms with Crippen LogP contribution in [0.4, 0.5) is 4.39 Å². The lowest BCUT2D eigenvalue weighted by Gasteiger charge is -2.17. The molecule has 1 aromatic heterocycles. The lowest BCUT2D eigenvalue weighted by atomic mass is 9.92. The summed E-state index contributed by atoms with van der Waals surface area (Å²) in [5.74, 6) is -0.776. The predicted molar refractivity (Wildman–Crippen MR) is 109 cm³/mol. The molecule has 0 bridgehead atoms. The Hall–Kier alpha value is -3.53. The van der Waals surface area contributed by atoms with Gasteiger partial charge in [0.15, 0.2) is 0 Å². The Morgan fingerprint density at radius 3 is 2.29 bits per heavy atom. The Kier molecular flexibility index (Phi) is 4.85. The van der Waals surface area contributed by atoms with E-state index in [1.807, 2.05) is 54.6 Å². The fourth-order valence-electron chi connectivity index (χ4n) is 3.34. The minimum absolute atomic E-state index is 0.253. The summed E-state index contributed by atoms with van der Waals surface area (Å²) in [7, 11) is 0. The number of hydrogen-bond acceptors (Lipinski definition) is 3. The summed E-state index contributed by atoms with van der Waals surface area (Å²) in [6.45, 7) is 2.02. The molecule has 0 saturated heterocycles. The van der Waals surface area contributed by atoms with Crippen LogP contribution in [-0.4, -0.2) is 17.6 Å². The van der Waals surface area contributed by atoms with E-state index in [9.17, 15) is 9.18 Å². The summed E-state index contributed by atoms with van der Waals surface area (Å²) in [5, 5.41) is 0.817. The van der Waals surface area contributed by atoms with Crippen LogP contribution in [0.1, 0.15) is 17.3 Å². The Morgan fingerprint density at radius 2 is 1.57 bits per heavy atom. The molecule has 0 saturated carbocycles. The van der Waals surface area contributed by atoms with E-state index < -0.39 is 5.97 Å². The van der Waals surface area contributed by atoms with Crippen molar-refractivity contribution in [2.75, 3.05) is 6.61 Å². The number of nitrogens with zero attached hydrogens (tertiary/aromatic N) is 1. The average molecular weight is 371 g/mol. The molecule has 3 aromatic carbocycles. The van der Waals surface area contributed by atoms with Gasteiger partial charge >= 0.3 is 5.97 Å². The normalized spacial score (nSPS) is 10.8. The van der Waals surface area contributed by atoms with Gasteiger partial charge in [-0.3, -0.25) is 0 Å². The zero-order valence-electron chi connectivity index (χ0n) is 15.4. The van der Waals surface area contributed by atoms with E-state index in [0.29, 0.717) is 16.8 Å². The molecule has 138 valence electrons. The molecule has 4 heteroatoms. The lowest BCUT2D eigenvalue weighted by Crippen LogP contribution is -2.10. The van der Waals surface area contributed by atoms with Crippen LogP contribution in [0.5, 0.6) is 0 Å². The number of hydrogen-bond donors (Lipinski definition) is 0. The van der Waals surface area contributed by atoms with E-state index in [1.165, 1.54) is 12.1 Å². The van der Waals surface area contributed by atoms with Crippen LogP contribution in [0, 0.1) is 5.82 Å². The molecule has 28 heavy (non-hydrogen) atoms. The molecular weight excluding hydrogens is 353 g/mol. The van der Waals surface area contributed by atoms with Gasteiger partial charge in [0, 0.05) is 16.5 Å². The SMILES string of the molecule is CCOC(=O)c1c(-c2ccccc2)nc2ccccc2c1-c1ccc(F)cc1. The first kappa shape index (κ1) is 17.9. The van der Waals surface area contributed by atoms with Gasteiger partial charge < -0.3 is 4.74 Å². The van der Waals surface area contributed by atoms with Crippen molar-refractivity contribution in [3.8, 4) is 22.4 Å². The van der Waals surface area contributed by atoms with Crippen molar-refractivity contribution in [3.05, 3.63) is 90.2 Å². The molecule has 0 amide bonds. The minimum Gasteiger partial charge on any atom is -0.462 e. The number of carbonyl (C=O) groups is 1. The van der Waals surface area contributed by atoms with Gasteiger partial charge in [-0.15, -0.1) is 0 Å². The molecule has 0 spiro atoms. The zero-order valence-corrected chi connectivity index (χ0v) is 15.4. The second-order valence-corrected chi connectivity index (χ2v) is 6.32. The highest BCUT2D eigenvalue weighted by molar-refractivity contribution is 6.11. The Bertz CT molecular complexity index is 1140. The molecule has 0 aliphatic carbocycles. The number of fused-ring (bicyclic) bond motifs is 1. The number of ether oxygens (including phenoxy) is 1. The molecule has 4 aromatic rings. The number of para-hydroxylation sites is 1. The van der Waals surface area contributed by atoms with Crippen LogP contribution < -0.4 is 0 Å². The van der Waals surface area contributed by atoms with Gasteiger partial charge in [0.2, 0.25) is 0 Å². The van der Waals surface area contributed by atoms with Gasteiger partial charge in [0.25, 0.3) is 0 Å². The van der Waals surface area contributed by atoms with Gasteiger partial charge in [-0.25, -0.2) is 14.2 Å². The molecule has 0 aliphatic rings. The molecule has 3 nitrogen and oxygen atoms in total. The first-order valence-electron chi connectivity index (χ1n) is 9.10. The van der Waals surface area contributed by atoms with Gasteiger partial charge in [0.05, 0.1) is 23.4 Å². The maximum absolute atomic E-state index is 13.5. The standard InChI is InChI=1S/C24H18FNO2/c1-2-28-24(27)22-21(16-12-14-18(25)15-13-16)19-10-6-7-11-20(19)26-23(22)17-8-4-3-5-9-17/h3-15H,2H2,1H3. The molecule has 0 unspecified atom stereocenters. The Morgan fingerprint density at radius 1 is 0.893 bits per heavy atom. The molecule has 1 heterocycles. The van der Waals surface area contributed by atoms with Crippen LogP contribution in [0.15, 0.2) is 78.9 Å². The molecule has 0 N–H and O–H groups in total. The monoisotopic (exact) mass is 371 g/mol. The maximum Gasteiger partial charge on any atom is 0.341 e. The van der Waals surface area contributed by atoms with Crippen LogP contribution in [0.3, 0.4) is 0 Å². The van der Waals surface area contributed by atoms with E-state index in [2.05, 4.69) is 0 Å². The van der Waals surface area contributed by atoms with Crippen molar-refractivity contribution in [1.29, 1.82) is 0 Å². The van der Waals surface area contributed by atoms with E-state index in [-0.39, 0.29) is 12.4 Å². The predicted octanol–water partition coefficient (Wildman–Crippen LogP) is 5.88. The second-order valence-electron chi connectivity index (χ2n) is 6.32. The van der Waals surface area contributed by atoms with Crippen molar-refractivity contribution >= 4 is 16.9 Å². The lowest BCUT2D eigenvalue weighted by molar-refractivity contribution is 0.0528. The first-order chi connectivity index (χ1) is 13.7. The fourth-order valence-corrected chi connectivity index (χ4v) is 3.34. The molecular formula is C24H18FNO2. The van der Waals surface area contributed by atoms with Gasteiger partial charge in [0.1, 0.15) is 5.82 Å². The van der Waals surface area contributed by atoms with E-state index in [4.69, 9.17) is 9.72 Å². The summed E-state index contributed by atoms with van der Waals surface area (Å²) in [5.41, 5.74) is 3.95. The number of aromatic nitrogens is 1. The van der Waals surface area contributed by atoms with Crippen LogP contribution >= 0.6 is 0 Å². The Balaban J connectivity index is 2.13. The molecule has 0 fully saturated rings. The van der Waals surface area contributed by atoms with Crippen molar-refractivity contribution in [3.63, 3.8) is 0 Å². The van der Waals surface area contributed by atoms with Crippen LogP contribution in [-0.2, 0) is 4.74 Å². The number of rotatable bonds is 4. The average Bonchev–Trinajstić information content (AvgIpc) is 2.74. The van der Waals surface area contributed by atoms with E-state index in [1.54, 1.807) is 19.1 Å². The molecule has 0 radical (unpaired) electrons. The number of halogens is 1. The summed E-state index contributed by atoms with van der Waals surface area (Å²) < 4.78 is 18.9. The summed E-state index contributed by atoms with van der Waals surface area (Å²) >= 11 is 0. The van der Waals surface area contributed by atoms with E-state index in [0.717, 1.165) is 22.0 Å². The van der Waals surface area contributed by atoms with Gasteiger partial charge in [-0.2, -0.15) is 0 Å². The molecule has 0 aliphatic heterocycles. The third kappa shape index (κ3) is 3.25. The molecule has 4 rings (SSSR count). The summed E-state index contributed by atoms with van der Waals surface area (Å²) in [4.78, 5) is 17.8. The van der Waals surface area contributed by atoms with Crippen molar-refractivity contribution in [1.82, 2.24) is 4.98 Å². The van der Waals surface area contributed by atoms with Gasteiger partial charge in [-0.1, -0.05) is 60.7 Å². The highest BCUT2D eigenvalue weighted by Crippen LogP contribution is 2.37. The van der Waals surface area contributed by atoms with Crippen LogP contribution in [0.25, 0.3) is 33.3 Å². The smallest absolute Gasteiger partial charge is 0.341 e. The highest BCUT2D eigenvalue weighted by Gasteiger charge is 2.24. The largest absolute Gasteiger partial charge is 0.462 e. The number of pyridine rings is 1. The quantitative estimate of drug-likeness (QED) is 0.420. The number of carbonyl (C=O) groups excluding carboxylic acids is 1. The third-order valence-electron chi connectivity index (χ3n) is 4.55. The van der Waals surface area contributed by atoms with Crippen molar-refractivity contribution in [2.24, 2.45) is 0 Å². The topological polar surface area (TPSA) is 39.2 Å². The fraction of sp³-hybridized carbons (Fsp3) is 0.0833. The van der Waals surface area contributed by atoms with E-state index >= 15 is 0 Å². The van der Waals surface area contributed by atoms with Crippen molar-refractivity contribution in [2.45, 2.75) is 6.92 Å². The second kappa shape index (κ2) is 7.61. The number of benzene rings is 3. The highest BCUT2D eigenvalue weighted by atomic mass is 19.1. The molecule has 0 atom stereocenters. The third-order valence-corrected chi connectivity index (χ3v) is 4.55. The van der Waals surface area contributed by atoms with Crippen LogP contribution in [0.2, 0.25) is 0 Å². The minimum atomic E-state index is -0.445. The summed E-state index contributed by atoms with van der Waals surface area (Å²) in [6, 6.07) is 23.3. The number of esters is 1. The van der Waals surface area contributed by atoms with Crippen molar-refractivity contribution < 1.29 is 13.9 Å². The maximum atomic E-state index is 13.5.